The number of nitrogens with one attached hydrogen (secondary N) is 1. The van der Waals surface area contributed by atoms with Crippen LogP contribution in [0.25, 0.3) is 0 Å². The van der Waals surface area contributed by atoms with Gasteiger partial charge in [-0.05, 0) is 27.2 Å². The van der Waals surface area contributed by atoms with Crippen LogP contribution < -0.4 is 5.32 Å². The van der Waals surface area contributed by atoms with Gasteiger partial charge in [0.15, 0.2) is 0 Å². The Kier molecular flexibility index (Phi) is 7.44. The molecule has 104 valence electrons. The van der Waals surface area contributed by atoms with E-state index in [4.69, 9.17) is 9.47 Å². The molecule has 5 nitrogen and oxygen atoms in total. The van der Waals surface area contributed by atoms with Gasteiger partial charge in [-0.2, -0.15) is 0 Å². The quantitative estimate of drug-likeness (QED) is 0.651. The molecule has 0 fully saturated rings. The zero-order chi connectivity index (χ0) is 13.2. The predicted molar refractivity (Wildman–Crippen MR) is 72.9 cm³/mol. The maximum Gasteiger partial charge on any atom is 0.202 e. The van der Waals surface area contributed by atoms with Gasteiger partial charge in [0.2, 0.25) is 5.95 Å². The summed E-state index contributed by atoms with van der Waals surface area (Å²) in [5.74, 6) is 0.902. The van der Waals surface area contributed by atoms with Crippen LogP contribution >= 0.6 is 0 Å². The third-order valence-corrected chi connectivity index (χ3v) is 2.44. The summed E-state index contributed by atoms with van der Waals surface area (Å²) < 4.78 is 12.9. The van der Waals surface area contributed by atoms with Crippen molar-refractivity contribution < 1.29 is 9.47 Å². The van der Waals surface area contributed by atoms with Gasteiger partial charge in [0.05, 0.1) is 12.7 Å². The second-order valence-electron chi connectivity index (χ2n) is 4.34. The lowest BCUT2D eigenvalue weighted by Crippen LogP contribution is -2.16. The molecule has 1 aromatic heterocycles. The molecule has 0 spiro atoms. The molecule has 0 amide bonds. The van der Waals surface area contributed by atoms with Crippen molar-refractivity contribution >= 4 is 5.95 Å². The third-order valence-electron chi connectivity index (χ3n) is 2.44. The molecule has 0 bridgehead atoms. The topological polar surface area (TPSA) is 48.3 Å². The summed E-state index contributed by atoms with van der Waals surface area (Å²) in [6.45, 7) is 10.1. The molecule has 0 saturated carbocycles. The number of nitrogens with zero attached hydrogens (tertiary/aromatic N) is 2. The Balaban J connectivity index is 2.22. The summed E-state index contributed by atoms with van der Waals surface area (Å²) in [7, 11) is 0. The van der Waals surface area contributed by atoms with E-state index in [1.54, 1.807) is 0 Å². The summed E-state index contributed by atoms with van der Waals surface area (Å²) in [5, 5.41) is 3.28. The number of rotatable bonds is 10. The molecule has 0 aromatic carbocycles. The molecule has 0 aliphatic rings. The molecule has 0 aliphatic heterocycles. The summed E-state index contributed by atoms with van der Waals surface area (Å²) >= 11 is 0. The average Bonchev–Trinajstić information content (AvgIpc) is 2.78. The van der Waals surface area contributed by atoms with Crippen LogP contribution in [0, 0.1) is 0 Å². The van der Waals surface area contributed by atoms with Crippen molar-refractivity contribution in [3.63, 3.8) is 0 Å². The maximum atomic E-state index is 5.47. The van der Waals surface area contributed by atoms with Crippen molar-refractivity contribution in [1.82, 2.24) is 9.55 Å². The monoisotopic (exact) mass is 255 g/mol. The fourth-order valence-electron chi connectivity index (χ4n) is 1.60. The van der Waals surface area contributed by atoms with Gasteiger partial charge in [-0.3, -0.25) is 0 Å². The number of imidazole rings is 1. The van der Waals surface area contributed by atoms with Crippen molar-refractivity contribution in [2.75, 3.05) is 31.7 Å². The lowest BCUT2D eigenvalue weighted by molar-refractivity contribution is 0.0869. The molecule has 1 rings (SSSR count). The van der Waals surface area contributed by atoms with Crippen molar-refractivity contribution in [2.24, 2.45) is 0 Å². The van der Waals surface area contributed by atoms with Crippen molar-refractivity contribution in [3.05, 3.63) is 12.4 Å². The standard InChI is InChI=1S/C13H25N3O2/c1-4-17-10-5-8-16-9-6-14-13(16)15-7-11-18-12(2)3/h6,9,12H,4-5,7-8,10-11H2,1-3H3,(H,14,15). The van der Waals surface area contributed by atoms with Crippen LogP contribution in [0.15, 0.2) is 12.4 Å². The molecule has 5 heteroatoms. The van der Waals surface area contributed by atoms with Gasteiger partial charge >= 0.3 is 0 Å². The highest BCUT2D eigenvalue weighted by atomic mass is 16.5. The Bertz CT molecular complexity index is 313. The van der Waals surface area contributed by atoms with Gasteiger partial charge in [-0.25, -0.2) is 4.98 Å². The van der Waals surface area contributed by atoms with Crippen LogP contribution in [-0.4, -0.2) is 42.0 Å². The first kappa shape index (κ1) is 15.0. The highest BCUT2D eigenvalue weighted by Gasteiger charge is 2.01. The van der Waals surface area contributed by atoms with Crippen molar-refractivity contribution in [1.29, 1.82) is 0 Å². The van der Waals surface area contributed by atoms with Crippen LogP contribution in [0.4, 0.5) is 5.95 Å². The van der Waals surface area contributed by atoms with E-state index in [-0.39, 0.29) is 6.10 Å². The first-order valence-corrected chi connectivity index (χ1v) is 6.68. The predicted octanol–water partition coefficient (Wildman–Crippen LogP) is 2.15. The number of anilines is 1. The van der Waals surface area contributed by atoms with E-state index in [0.717, 1.165) is 38.7 Å². The van der Waals surface area contributed by atoms with Gasteiger partial charge in [-0.15, -0.1) is 0 Å². The van der Waals surface area contributed by atoms with E-state index < -0.39 is 0 Å². The summed E-state index contributed by atoms with van der Waals surface area (Å²) in [6.07, 6.45) is 5.07. The Hall–Kier alpha value is -1.07. The number of aromatic nitrogens is 2. The van der Waals surface area contributed by atoms with Gasteiger partial charge in [-0.1, -0.05) is 0 Å². The molecule has 0 aliphatic carbocycles. The van der Waals surface area contributed by atoms with Crippen LogP contribution in [0.2, 0.25) is 0 Å². The van der Waals surface area contributed by atoms with Crippen LogP contribution in [0.5, 0.6) is 0 Å². The minimum absolute atomic E-state index is 0.276. The Morgan fingerprint density at radius 2 is 2.22 bits per heavy atom. The largest absolute Gasteiger partial charge is 0.382 e. The Morgan fingerprint density at radius 3 is 2.94 bits per heavy atom. The number of hydrogen-bond donors (Lipinski definition) is 1. The van der Waals surface area contributed by atoms with Gasteiger partial charge in [0.25, 0.3) is 0 Å². The molecule has 1 N–H and O–H groups in total. The molecular weight excluding hydrogens is 230 g/mol. The fraction of sp³-hybridized carbons (Fsp3) is 0.769. The Labute approximate surface area is 109 Å². The minimum Gasteiger partial charge on any atom is -0.382 e. The van der Waals surface area contributed by atoms with E-state index in [0.29, 0.717) is 6.61 Å². The summed E-state index contributed by atoms with van der Waals surface area (Å²) in [5.41, 5.74) is 0. The van der Waals surface area contributed by atoms with Crippen LogP contribution in [-0.2, 0) is 16.0 Å². The lowest BCUT2D eigenvalue weighted by atomic mass is 10.4. The average molecular weight is 255 g/mol. The van der Waals surface area contributed by atoms with E-state index in [9.17, 15) is 0 Å². The third kappa shape index (κ3) is 6.02. The van der Waals surface area contributed by atoms with E-state index in [2.05, 4.69) is 14.9 Å². The second kappa shape index (κ2) is 8.94. The Morgan fingerprint density at radius 1 is 1.39 bits per heavy atom. The molecule has 1 heterocycles. The molecule has 0 unspecified atom stereocenters. The van der Waals surface area contributed by atoms with Crippen molar-refractivity contribution in [3.8, 4) is 0 Å². The molecule has 0 saturated heterocycles. The molecule has 0 atom stereocenters. The molecular formula is C13H25N3O2. The van der Waals surface area contributed by atoms with Gasteiger partial charge in [0.1, 0.15) is 0 Å². The summed E-state index contributed by atoms with van der Waals surface area (Å²) in [6, 6.07) is 0. The van der Waals surface area contributed by atoms with E-state index >= 15 is 0 Å². The first-order valence-electron chi connectivity index (χ1n) is 6.68. The normalized spacial score (nSPS) is 11.1. The molecule has 18 heavy (non-hydrogen) atoms. The lowest BCUT2D eigenvalue weighted by Gasteiger charge is -2.11. The molecule has 1 aromatic rings. The molecule has 0 radical (unpaired) electrons. The number of hydrogen-bond acceptors (Lipinski definition) is 4. The summed E-state index contributed by atoms with van der Waals surface area (Å²) in [4.78, 5) is 4.29. The van der Waals surface area contributed by atoms with Gasteiger partial charge < -0.3 is 19.4 Å². The fourth-order valence-corrected chi connectivity index (χ4v) is 1.60. The zero-order valence-electron chi connectivity index (χ0n) is 11.7. The highest BCUT2D eigenvalue weighted by Crippen LogP contribution is 2.05. The second-order valence-corrected chi connectivity index (χ2v) is 4.34. The van der Waals surface area contributed by atoms with Crippen LogP contribution in [0.3, 0.4) is 0 Å². The number of aryl methyl sites for hydroxylation is 1. The maximum absolute atomic E-state index is 5.47. The van der Waals surface area contributed by atoms with Crippen molar-refractivity contribution in [2.45, 2.75) is 39.8 Å². The minimum atomic E-state index is 0.276. The van der Waals surface area contributed by atoms with E-state index in [1.165, 1.54) is 0 Å². The zero-order valence-corrected chi connectivity index (χ0v) is 11.7. The number of ether oxygens (including phenoxy) is 2. The highest BCUT2D eigenvalue weighted by molar-refractivity contribution is 5.25. The SMILES string of the molecule is CCOCCCn1ccnc1NCCOC(C)C. The van der Waals surface area contributed by atoms with E-state index in [1.807, 2.05) is 33.2 Å². The van der Waals surface area contributed by atoms with Crippen LogP contribution in [0.1, 0.15) is 27.2 Å². The van der Waals surface area contributed by atoms with Gasteiger partial charge in [0, 0.05) is 38.7 Å². The first-order chi connectivity index (χ1) is 8.74. The smallest absolute Gasteiger partial charge is 0.202 e.